The highest BCUT2D eigenvalue weighted by molar-refractivity contribution is 6.29. The largest absolute Gasteiger partial charge is 0.440 e. The Morgan fingerprint density at radius 1 is 1.44 bits per heavy atom. The van der Waals surface area contributed by atoms with Crippen LogP contribution in [0.15, 0.2) is 16.5 Å². The van der Waals surface area contributed by atoms with Gasteiger partial charge in [0.1, 0.15) is 0 Å². The molecule has 4 nitrogen and oxygen atoms in total. The average Bonchev–Trinajstić information content (AvgIpc) is 2.76. The Kier molecular flexibility index (Phi) is 4.30. The van der Waals surface area contributed by atoms with Crippen LogP contribution in [0.4, 0.5) is 0 Å². The fourth-order valence-electron chi connectivity index (χ4n) is 2.25. The summed E-state index contributed by atoms with van der Waals surface area (Å²) in [5.74, 6) is 0.108. The Morgan fingerprint density at radius 3 is 2.61 bits per heavy atom. The second-order valence-electron chi connectivity index (χ2n) is 4.98. The summed E-state index contributed by atoms with van der Waals surface area (Å²) in [5, 5.41) is 3.24. The van der Waals surface area contributed by atoms with Crippen molar-refractivity contribution in [1.29, 1.82) is 0 Å². The minimum Gasteiger partial charge on any atom is -0.440 e. The zero-order chi connectivity index (χ0) is 13.1. The number of nitrogens with one attached hydrogen (secondary N) is 1. The molecule has 1 amide bonds. The summed E-state index contributed by atoms with van der Waals surface area (Å²) in [7, 11) is 0. The van der Waals surface area contributed by atoms with Gasteiger partial charge in [0.05, 0.1) is 0 Å². The summed E-state index contributed by atoms with van der Waals surface area (Å²) in [6.07, 6.45) is 1.97. The normalized spacial score (nSPS) is 18.2. The van der Waals surface area contributed by atoms with Crippen molar-refractivity contribution in [2.75, 3.05) is 13.1 Å². The molecule has 1 aromatic heterocycles. The van der Waals surface area contributed by atoms with Gasteiger partial charge in [-0.3, -0.25) is 4.79 Å². The van der Waals surface area contributed by atoms with Gasteiger partial charge in [-0.15, -0.1) is 0 Å². The molecule has 0 bridgehead atoms. The lowest BCUT2D eigenvalue weighted by Gasteiger charge is -2.34. The van der Waals surface area contributed by atoms with Crippen molar-refractivity contribution in [1.82, 2.24) is 10.2 Å². The topological polar surface area (TPSA) is 45.5 Å². The van der Waals surface area contributed by atoms with Crippen LogP contribution < -0.4 is 5.32 Å². The highest BCUT2D eigenvalue weighted by Crippen LogP contribution is 2.16. The smallest absolute Gasteiger partial charge is 0.287 e. The summed E-state index contributed by atoms with van der Waals surface area (Å²) in [5.41, 5.74) is 0. The number of carbonyl (C=O) groups excluding carboxylic acids is 1. The third kappa shape index (κ3) is 3.27. The molecular formula is C13H19ClN2O2. The van der Waals surface area contributed by atoms with Crippen LogP contribution in [0.25, 0.3) is 0 Å². The Bertz CT molecular complexity index is 409. The summed E-state index contributed by atoms with van der Waals surface area (Å²) in [4.78, 5) is 14.3. The summed E-state index contributed by atoms with van der Waals surface area (Å²) < 4.78 is 5.09. The van der Waals surface area contributed by atoms with Gasteiger partial charge in [0, 0.05) is 25.2 Å². The molecule has 2 heterocycles. The molecule has 5 heteroatoms. The van der Waals surface area contributed by atoms with E-state index in [0.29, 0.717) is 6.04 Å². The number of amides is 1. The molecule has 0 aromatic carbocycles. The summed E-state index contributed by atoms with van der Waals surface area (Å²) in [6, 6.07) is 3.99. The lowest BCUT2D eigenvalue weighted by Crippen LogP contribution is -2.46. The maximum absolute atomic E-state index is 11.9. The Morgan fingerprint density at radius 2 is 2.11 bits per heavy atom. The Labute approximate surface area is 112 Å². The van der Waals surface area contributed by atoms with Crippen LogP contribution in [0.5, 0.6) is 0 Å². The van der Waals surface area contributed by atoms with E-state index >= 15 is 0 Å². The van der Waals surface area contributed by atoms with E-state index in [4.69, 9.17) is 16.0 Å². The van der Waals surface area contributed by atoms with Crippen LogP contribution in [0.1, 0.15) is 37.2 Å². The molecule has 100 valence electrons. The molecule has 0 unspecified atom stereocenters. The van der Waals surface area contributed by atoms with E-state index in [1.165, 1.54) is 0 Å². The third-order valence-corrected chi connectivity index (χ3v) is 3.60. The first-order valence-electron chi connectivity index (χ1n) is 6.36. The molecule has 1 aromatic rings. The van der Waals surface area contributed by atoms with Gasteiger partial charge in [0.25, 0.3) is 5.91 Å². The molecule has 0 aliphatic carbocycles. The quantitative estimate of drug-likeness (QED) is 0.918. The van der Waals surface area contributed by atoms with Gasteiger partial charge in [-0.2, -0.15) is 0 Å². The van der Waals surface area contributed by atoms with Crippen molar-refractivity contribution < 1.29 is 9.21 Å². The van der Waals surface area contributed by atoms with Crippen molar-refractivity contribution in [3.8, 4) is 0 Å². The molecule has 18 heavy (non-hydrogen) atoms. The monoisotopic (exact) mass is 270 g/mol. The van der Waals surface area contributed by atoms with Crippen LogP contribution in [0, 0.1) is 0 Å². The van der Waals surface area contributed by atoms with Crippen LogP contribution in [0.2, 0.25) is 5.22 Å². The standard InChI is InChI=1S/C13H19ClN2O2/c1-9(2)16-7-5-10(6-8-16)15-13(17)11-3-4-12(14)18-11/h3-4,9-10H,5-8H2,1-2H3,(H,15,17). The van der Waals surface area contributed by atoms with E-state index in [2.05, 4.69) is 24.1 Å². The van der Waals surface area contributed by atoms with Crippen molar-refractivity contribution in [3.05, 3.63) is 23.1 Å². The number of likely N-dealkylation sites (tertiary alicyclic amines) is 1. The molecule has 0 radical (unpaired) electrons. The molecule has 0 spiro atoms. The van der Waals surface area contributed by atoms with Crippen molar-refractivity contribution >= 4 is 17.5 Å². The van der Waals surface area contributed by atoms with Gasteiger partial charge in [-0.05, 0) is 50.4 Å². The van der Waals surface area contributed by atoms with Crippen LogP contribution >= 0.6 is 11.6 Å². The van der Waals surface area contributed by atoms with Gasteiger partial charge in [0.2, 0.25) is 0 Å². The number of nitrogens with zero attached hydrogens (tertiary/aromatic N) is 1. The van der Waals surface area contributed by atoms with E-state index in [0.717, 1.165) is 25.9 Å². The number of furan rings is 1. The van der Waals surface area contributed by atoms with E-state index < -0.39 is 0 Å². The van der Waals surface area contributed by atoms with E-state index in [9.17, 15) is 4.79 Å². The fourth-order valence-corrected chi connectivity index (χ4v) is 2.40. The van der Waals surface area contributed by atoms with E-state index in [-0.39, 0.29) is 22.9 Å². The molecule has 1 aliphatic heterocycles. The van der Waals surface area contributed by atoms with E-state index in [1.54, 1.807) is 12.1 Å². The zero-order valence-corrected chi connectivity index (χ0v) is 11.5. The average molecular weight is 271 g/mol. The van der Waals surface area contributed by atoms with E-state index in [1.807, 2.05) is 0 Å². The highest BCUT2D eigenvalue weighted by atomic mass is 35.5. The van der Waals surface area contributed by atoms with Gasteiger partial charge >= 0.3 is 0 Å². The second kappa shape index (κ2) is 5.76. The predicted octanol–water partition coefficient (Wildman–Crippen LogP) is 2.54. The molecule has 1 saturated heterocycles. The number of rotatable bonds is 3. The maximum Gasteiger partial charge on any atom is 0.287 e. The molecule has 1 N–H and O–H groups in total. The molecule has 0 atom stereocenters. The third-order valence-electron chi connectivity index (χ3n) is 3.39. The van der Waals surface area contributed by atoms with Crippen LogP contribution in [-0.2, 0) is 0 Å². The minimum atomic E-state index is -0.176. The maximum atomic E-state index is 11.9. The van der Waals surface area contributed by atoms with Crippen LogP contribution in [-0.4, -0.2) is 36.0 Å². The highest BCUT2D eigenvalue weighted by Gasteiger charge is 2.23. The number of carbonyl (C=O) groups is 1. The predicted molar refractivity (Wildman–Crippen MR) is 70.9 cm³/mol. The number of hydrogen-bond acceptors (Lipinski definition) is 3. The number of piperidine rings is 1. The molecule has 2 rings (SSSR count). The molecule has 0 saturated carbocycles. The van der Waals surface area contributed by atoms with Crippen molar-refractivity contribution in [3.63, 3.8) is 0 Å². The summed E-state index contributed by atoms with van der Waals surface area (Å²) >= 11 is 5.65. The fraction of sp³-hybridized carbons (Fsp3) is 0.615. The zero-order valence-electron chi connectivity index (χ0n) is 10.8. The first-order chi connectivity index (χ1) is 8.56. The minimum absolute atomic E-state index is 0.176. The first-order valence-corrected chi connectivity index (χ1v) is 6.74. The molecule has 1 aliphatic rings. The number of hydrogen-bond donors (Lipinski definition) is 1. The van der Waals surface area contributed by atoms with Gasteiger partial charge in [-0.1, -0.05) is 0 Å². The summed E-state index contributed by atoms with van der Waals surface area (Å²) in [6.45, 7) is 6.45. The molecular weight excluding hydrogens is 252 g/mol. The SMILES string of the molecule is CC(C)N1CCC(NC(=O)c2ccc(Cl)o2)CC1. The van der Waals surface area contributed by atoms with Crippen molar-refractivity contribution in [2.45, 2.75) is 38.8 Å². The van der Waals surface area contributed by atoms with Gasteiger partial charge in [0.15, 0.2) is 11.0 Å². The number of halogens is 1. The van der Waals surface area contributed by atoms with Gasteiger partial charge in [-0.25, -0.2) is 0 Å². The second-order valence-corrected chi connectivity index (χ2v) is 5.35. The van der Waals surface area contributed by atoms with Crippen molar-refractivity contribution in [2.24, 2.45) is 0 Å². The Hall–Kier alpha value is -1.00. The Balaban J connectivity index is 1.83. The van der Waals surface area contributed by atoms with Gasteiger partial charge < -0.3 is 14.6 Å². The molecule has 1 fully saturated rings. The lowest BCUT2D eigenvalue weighted by atomic mass is 10.0. The lowest BCUT2D eigenvalue weighted by molar-refractivity contribution is 0.0873. The first kappa shape index (κ1) is 13.4. The van der Waals surface area contributed by atoms with Crippen LogP contribution in [0.3, 0.4) is 0 Å².